The van der Waals surface area contributed by atoms with E-state index in [1.807, 2.05) is 0 Å². The molecule has 0 aromatic carbocycles. The van der Waals surface area contributed by atoms with Gasteiger partial charge in [0.05, 0.1) is 25.4 Å². The van der Waals surface area contributed by atoms with Crippen molar-refractivity contribution < 1.29 is 24.5 Å². The van der Waals surface area contributed by atoms with Gasteiger partial charge in [-0.2, -0.15) is 0 Å². The van der Waals surface area contributed by atoms with E-state index < -0.39 is 12.1 Å². The molecule has 0 rings (SSSR count). The van der Waals surface area contributed by atoms with Crippen molar-refractivity contribution in [1.29, 1.82) is 0 Å². The van der Waals surface area contributed by atoms with E-state index in [4.69, 9.17) is 4.74 Å². The number of carbonyl (C=O) groups excluding carboxylic acids is 2. The van der Waals surface area contributed by atoms with E-state index in [2.05, 4.69) is 55.6 Å². The molecular formula is C56H105NO5. The first kappa shape index (κ1) is 60.1. The first-order valence-electron chi connectivity index (χ1n) is 27.2. The van der Waals surface area contributed by atoms with Gasteiger partial charge in [0.1, 0.15) is 0 Å². The second kappa shape index (κ2) is 51.7. The van der Waals surface area contributed by atoms with Crippen molar-refractivity contribution in [2.45, 2.75) is 296 Å². The van der Waals surface area contributed by atoms with Crippen LogP contribution in [0.5, 0.6) is 0 Å². The van der Waals surface area contributed by atoms with Crippen LogP contribution in [0.25, 0.3) is 0 Å². The quantitative estimate of drug-likeness (QED) is 0.0321. The number of amides is 1. The number of nitrogens with one attached hydrogen (secondary N) is 1. The van der Waals surface area contributed by atoms with Crippen LogP contribution in [0, 0.1) is 0 Å². The molecule has 2 atom stereocenters. The highest BCUT2D eigenvalue weighted by Gasteiger charge is 2.20. The summed E-state index contributed by atoms with van der Waals surface area (Å²) in [6.07, 6.45) is 62.8. The maximum atomic E-state index is 12.5. The van der Waals surface area contributed by atoms with Crippen molar-refractivity contribution in [3.8, 4) is 0 Å². The van der Waals surface area contributed by atoms with Crippen LogP contribution >= 0.6 is 0 Å². The highest BCUT2D eigenvalue weighted by molar-refractivity contribution is 5.76. The van der Waals surface area contributed by atoms with E-state index >= 15 is 0 Å². The lowest BCUT2D eigenvalue weighted by Crippen LogP contribution is -2.45. The molecule has 0 fully saturated rings. The fraction of sp³-hybridized carbons (Fsp3) is 0.857. The summed E-state index contributed by atoms with van der Waals surface area (Å²) in [5.41, 5.74) is 0. The first-order chi connectivity index (χ1) is 30.5. The number of esters is 1. The van der Waals surface area contributed by atoms with Crippen molar-refractivity contribution in [1.82, 2.24) is 5.32 Å². The van der Waals surface area contributed by atoms with Crippen molar-refractivity contribution >= 4 is 11.9 Å². The zero-order valence-corrected chi connectivity index (χ0v) is 41.4. The summed E-state index contributed by atoms with van der Waals surface area (Å²) in [6.45, 7) is 4.80. The summed E-state index contributed by atoms with van der Waals surface area (Å²) in [6, 6.07) is -0.581. The summed E-state index contributed by atoms with van der Waals surface area (Å²) in [5.74, 6) is -0.146. The Hall–Kier alpha value is -1.92. The Labute approximate surface area is 385 Å². The number of hydrogen-bond donors (Lipinski definition) is 3. The van der Waals surface area contributed by atoms with Crippen molar-refractivity contribution in [3.05, 3.63) is 36.5 Å². The third-order valence-corrected chi connectivity index (χ3v) is 12.4. The number of ether oxygens (including phenoxy) is 1. The molecule has 6 heteroatoms. The molecule has 0 heterocycles. The first-order valence-corrected chi connectivity index (χ1v) is 27.2. The van der Waals surface area contributed by atoms with Crippen LogP contribution in [-0.2, 0) is 14.3 Å². The van der Waals surface area contributed by atoms with Gasteiger partial charge in [-0.25, -0.2) is 0 Å². The third-order valence-electron chi connectivity index (χ3n) is 12.4. The fourth-order valence-corrected chi connectivity index (χ4v) is 8.21. The van der Waals surface area contributed by atoms with Crippen LogP contribution in [0.1, 0.15) is 284 Å². The second-order valence-corrected chi connectivity index (χ2v) is 18.6. The third kappa shape index (κ3) is 47.6. The van der Waals surface area contributed by atoms with Gasteiger partial charge in [-0.1, -0.05) is 237 Å². The van der Waals surface area contributed by atoms with E-state index in [0.29, 0.717) is 25.9 Å². The van der Waals surface area contributed by atoms with Gasteiger partial charge in [-0.3, -0.25) is 9.59 Å². The molecule has 3 N–H and O–H groups in total. The normalized spacial score (nSPS) is 12.9. The average molecular weight is 872 g/mol. The van der Waals surface area contributed by atoms with E-state index in [1.165, 1.54) is 167 Å². The standard InChI is InChI=1S/C56H105NO5/c1-3-5-7-9-11-13-15-17-18-19-20-21-22-23-24-25-26-28-29-32-36-40-44-48-54(59)53(52-58)57-55(60)49-45-41-37-33-31-35-39-43-47-51-62-56(61)50-46-42-38-34-30-27-16-14-12-10-8-6-4-2/h8,10,14,16,33,37,53-54,58-59H,3-7,9,11-13,15,17-32,34-36,38-52H2,1-2H3,(H,57,60)/b10-8-,16-14-,37-33-. The van der Waals surface area contributed by atoms with Gasteiger partial charge in [-0.15, -0.1) is 0 Å². The van der Waals surface area contributed by atoms with Crippen LogP contribution in [0.15, 0.2) is 36.5 Å². The molecule has 1 amide bonds. The number of aliphatic hydroxyl groups is 2. The minimum atomic E-state index is -0.697. The summed E-state index contributed by atoms with van der Waals surface area (Å²) in [4.78, 5) is 24.5. The number of carbonyl (C=O) groups is 2. The molecule has 62 heavy (non-hydrogen) atoms. The van der Waals surface area contributed by atoms with Gasteiger partial charge in [0, 0.05) is 12.8 Å². The molecular weight excluding hydrogens is 767 g/mol. The van der Waals surface area contributed by atoms with Crippen LogP contribution in [0.4, 0.5) is 0 Å². The molecule has 2 unspecified atom stereocenters. The molecule has 0 aromatic heterocycles. The summed E-state index contributed by atoms with van der Waals surface area (Å²) in [5, 5.41) is 23.3. The molecule has 0 saturated heterocycles. The second-order valence-electron chi connectivity index (χ2n) is 18.6. The smallest absolute Gasteiger partial charge is 0.305 e. The van der Waals surface area contributed by atoms with Crippen LogP contribution in [0.3, 0.4) is 0 Å². The maximum Gasteiger partial charge on any atom is 0.305 e. The highest BCUT2D eigenvalue weighted by Crippen LogP contribution is 2.17. The lowest BCUT2D eigenvalue weighted by molar-refractivity contribution is -0.143. The SMILES string of the molecule is CCC/C=C\C/C=C\CCCCCCCC(=O)OCCCCCC/C=C\CCCC(=O)NC(CO)C(O)CCCCCCCCCCCCCCCCCCCCCCCCC. The zero-order valence-electron chi connectivity index (χ0n) is 41.4. The topological polar surface area (TPSA) is 95.9 Å². The van der Waals surface area contributed by atoms with Gasteiger partial charge in [0.15, 0.2) is 0 Å². The Balaban J connectivity index is 3.53. The maximum absolute atomic E-state index is 12.5. The Morgan fingerprint density at radius 2 is 0.855 bits per heavy atom. The average Bonchev–Trinajstić information content (AvgIpc) is 3.27. The summed E-state index contributed by atoms with van der Waals surface area (Å²) >= 11 is 0. The molecule has 0 aliphatic rings. The van der Waals surface area contributed by atoms with Gasteiger partial charge in [0.25, 0.3) is 0 Å². The Morgan fingerprint density at radius 3 is 1.34 bits per heavy atom. The lowest BCUT2D eigenvalue weighted by atomic mass is 10.0. The molecule has 0 spiro atoms. The van der Waals surface area contributed by atoms with Crippen molar-refractivity contribution in [2.75, 3.05) is 13.2 Å². The van der Waals surface area contributed by atoms with E-state index in [0.717, 1.165) is 83.5 Å². The molecule has 6 nitrogen and oxygen atoms in total. The zero-order chi connectivity index (χ0) is 45.1. The number of rotatable bonds is 50. The minimum absolute atomic E-state index is 0.0507. The predicted molar refractivity (Wildman–Crippen MR) is 269 cm³/mol. The Morgan fingerprint density at radius 1 is 0.452 bits per heavy atom. The van der Waals surface area contributed by atoms with Crippen molar-refractivity contribution in [2.24, 2.45) is 0 Å². The molecule has 0 saturated carbocycles. The van der Waals surface area contributed by atoms with Gasteiger partial charge >= 0.3 is 5.97 Å². The van der Waals surface area contributed by atoms with Crippen LogP contribution in [-0.4, -0.2) is 47.4 Å². The lowest BCUT2D eigenvalue weighted by Gasteiger charge is -2.22. The largest absolute Gasteiger partial charge is 0.466 e. The monoisotopic (exact) mass is 872 g/mol. The molecule has 0 radical (unpaired) electrons. The van der Waals surface area contributed by atoms with Gasteiger partial charge in [0.2, 0.25) is 5.91 Å². The van der Waals surface area contributed by atoms with E-state index in [9.17, 15) is 19.8 Å². The number of allylic oxidation sites excluding steroid dienone is 6. The molecule has 0 bridgehead atoms. The Bertz CT molecular complexity index is 1010. The van der Waals surface area contributed by atoms with E-state index in [-0.39, 0.29) is 18.5 Å². The minimum Gasteiger partial charge on any atom is -0.466 e. The van der Waals surface area contributed by atoms with Crippen molar-refractivity contribution in [3.63, 3.8) is 0 Å². The van der Waals surface area contributed by atoms with Crippen LogP contribution < -0.4 is 5.32 Å². The summed E-state index contributed by atoms with van der Waals surface area (Å²) in [7, 11) is 0. The Kier molecular flexibility index (Phi) is 50.1. The molecule has 364 valence electrons. The molecule has 0 aromatic rings. The molecule has 0 aliphatic carbocycles. The summed E-state index contributed by atoms with van der Waals surface area (Å²) < 4.78 is 5.42. The fourth-order valence-electron chi connectivity index (χ4n) is 8.21. The van der Waals surface area contributed by atoms with Gasteiger partial charge in [-0.05, 0) is 70.6 Å². The number of hydrogen-bond acceptors (Lipinski definition) is 5. The van der Waals surface area contributed by atoms with E-state index in [1.54, 1.807) is 0 Å². The van der Waals surface area contributed by atoms with Gasteiger partial charge < -0.3 is 20.3 Å². The van der Waals surface area contributed by atoms with Crippen LogP contribution in [0.2, 0.25) is 0 Å². The predicted octanol–water partition coefficient (Wildman–Crippen LogP) is 16.5. The molecule has 0 aliphatic heterocycles. The number of unbranched alkanes of at least 4 members (excludes halogenated alkanes) is 33. The number of aliphatic hydroxyl groups excluding tert-OH is 2. The highest BCUT2D eigenvalue weighted by atomic mass is 16.5.